The minimum absolute atomic E-state index is 0.124. The van der Waals surface area contributed by atoms with Gasteiger partial charge in [0, 0.05) is 45.7 Å². The van der Waals surface area contributed by atoms with Crippen LogP contribution in [0.3, 0.4) is 0 Å². The summed E-state index contributed by atoms with van der Waals surface area (Å²) < 4.78 is 16.3. The van der Waals surface area contributed by atoms with Crippen molar-refractivity contribution in [2.45, 2.75) is 32.0 Å². The molecule has 1 aromatic rings. The molecule has 0 bridgehead atoms. The van der Waals surface area contributed by atoms with Crippen molar-refractivity contribution in [3.63, 3.8) is 0 Å². The summed E-state index contributed by atoms with van der Waals surface area (Å²) in [5.74, 6) is 0.532. The van der Waals surface area contributed by atoms with E-state index < -0.39 is 6.10 Å². The zero-order valence-electron chi connectivity index (χ0n) is 16.1. The highest BCUT2D eigenvalue weighted by Crippen LogP contribution is 2.28. The van der Waals surface area contributed by atoms with Crippen molar-refractivity contribution in [3.05, 3.63) is 23.8 Å². The van der Waals surface area contributed by atoms with Crippen molar-refractivity contribution < 1.29 is 28.9 Å². The Labute approximate surface area is 159 Å². The maximum Gasteiger partial charge on any atom is 0.255 e. The molecule has 2 amide bonds. The van der Waals surface area contributed by atoms with Crippen LogP contribution in [0.25, 0.3) is 0 Å². The van der Waals surface area contributed by atoms with E-state index in [-0.39, 0.29) is 17.9 Å². The summed E-state index contributed by atoms with van der Waals surface area (Å²) in [7, 11) is 3.13. The molecule has 0 unspecified atom stereocenters. The third kappa shape index (κ3) is 5.83. The first-order valence-corrected chi connectivity index (χ1v) is 9.05. The summed E-state index contributed by atoms with van der Waals surface area (Å²) in [5, 5.41) is 12.2. The topological polar surface area (TPSA) is 97.3 Å². The summed E-state index contributed by atoms with van der Waals surface area (Å²) in [6.45, 7) is 3.31. The molecule has 0 aromatic heterocycles. The molecule has 27 heavy (non-hydrogen) atoms. The summed E-state index contributed by atoms with van der Waals surface area (Å²) in [4.78, 5) is 25.9. The summed E-state index contributed by atoms with van der Waals surface area (Å²) in [6, 6.07) is 5.07. The van der Waals surface area contributed by atoms with Crippen LogP contribution in [0.1, 0.15) is 30.1 Å². The van der Waals surface area contributed by atoms with E-state index in [1.54, 1.807) is 37.3 Å². The van der Waals surface area contributed by atoms with Crippen LogP contribution in [0.4, 0.5) is 0 Å². The Balaban J connectivity index is 2.04. The average molecular weight is 380 g/mol. The quantitative estimate of drug-likeness (QED) is 0.648. The fourth-order valence-electron chi connectivity index (χ4n) is 2.91. The Morgan fingerprint density at radius 1 is 1.30 bits per heavy atom. The number of piperidine rings is 1. The van der Waals surface area contributed by atoms with Crippen LogP contribution in [0.5, 0.6) is 11.5 Å². The van der Waals surface area contributed by atoms with E-state index in [0.29, 0.717) is 56.1 Å². The number of nitrogens with zero attached hydrogens (tertiary/aromatic N) is 1. The highest BCUT2D eigenvalue weighted by atomic mass is 16.5. The smallest absolute Gasteiger partial charge is 0.255 e. The molecule has 1 aromatic carbocycles. The number of hydrogen-bond acceptors (Lipinski definition) is 6. The average Bonchev–Trinajstić information content (AvgIpc) is 2.68. The summed E-state index contributed by atoms with van der Waals surface area (Å²) in [6.07, 6.45) is 0.129. The number of aliphatic hydroxyl groups is 1. The van der Waals surface area contributed by atoms with Crippen LogP contribution in [-0.2, 0) is 9.53 Å². The maximum absolute atomic E-state index is 12.4. The van der Waals surface area contributed by atoms with E-state index >= 15 is 0 Å². The van der Waals surface area contributed by atoms with Gasteiger partial charge < -0.3 is 29.5 Å². The number of aliphatic hydroxyl groups excluding tert-OH is 1. The van der Waals surface area contributed by atoms with Crippen LogP contribution in [0, 0.1) is 0 Å². The summed E-state index contributed by atoms with van der Waals surface area (Å²) in [5.41, 5.74) is 0.425. The number of ether oxygens (including phenoxy) is 3. The van der Waals surface area contributed by atoms with Gasteiger partial charge in [-0.15, -0.1) is 0 Å². The molecule has 1 saturated heterocycles. The SMILES string of the molecule is COCCNC(=O)c1ccc(OC)cc1OC1CCN(C(=O)[C@@H](C)O)CC1. The Hall–Kier alpha value is -2.32. The normalized spacial score (nSPS) is 15.9. The van der Waals surface area contributed by atoms with Gasteiger partial charge in [0.2, 0.25) is 0 Å². The van der Waals surface area contributed by atoms with Crippen LogP contribution in [0.15, 0.2) is 18.2 Å². The molecule has 0 radical (unpaired) electrons. The number of likely N-dealkylation sites (tertiary alicyclic amines) is 1. The largest absolute Gasteiger partial charge is 0.497 e. The first kappa shape index (κ1) is 21.0. The van der Waals surface area contributed by atoms with Crippen LogP contribution in [-0.4, -0.2) is 74.5 Å². The Morgan fingerprint density at radius 2 is 2.00 bits per heavy atom. The van der Waals surface area contributed by atoms with E-state index in [4.69, 9.17) is 14.2 Å². The number of carbonyl (C=O) groups is 2. The van der Waals surface area contributed by atoms with Gasteiger partial charge in [-0.25, -0.2) is 0 Å². The molecule has 1 aliphatic heterocycles. The number of methoxy groups -OCH3 is 2. The molecule has 1 aliphatic rings. The van der Waals surface area contributed by atoms with Gasteiger partial charge >= 0.3 is 0 Å². The van der Waals surface area contributed by atoms with E-state index in [0.717, 1.165) is 0 Å². The maximum atomic E-state index is 12.4. The number of amides is 2. The number of hydrogen-bond donors (Lipinski definition) is 2. The third-order valence-corrected chi connectivity index (χ3v) is 4.43. The van der Waals surface area contributed by atoms with Crippen molar-refractivity contribution in [2.75, 3.05) is 40.5 Å². The molecule has 8 heteroatoms. The molecule has 0 spiro atoms. The molecule has 150 valence electrons. The van der Waals surface area contributed by atoms with Gasteiger partial charge in [0.1, 0.15) is 23.7 Å². The number of benzene rings is 1. The molecule has 0 aliphatic carbocycles. The molecule has 1 atom stereocenters. The van der Waals surface area contributed by atoms with Gasteiger partial charge in [0.05, 0.1) is 19.3 Å². The molecule has 1 fully saturated rings. The van der Waals surface area contributed by atoms with Crippen LogP contribution >= 0.6 is 0 Å². The van der Waals surface area contributed by atoms with E-state index in [1.807, 2.05) is 0 Å². The van der Waals surface area contributed by atoms with E-state index in [1.165, 1.54) is 6.92 Å². The highest BCUT2D eigenvalue weighted by molar-refractivity contribution is 5.97. The summed E-state index contributed by atoms with van der Waals surface area (Å²) >= 11 is 0. The van der Waals surface area contributed by atoms with Gasteiger partial charge in [0.15, 0.2) is 0 Å². The first-order chi connectivity index (χ1) is 13.0. The molecular weight excluding hydrogens is 352 g/mol. The third-order valence-electron chi connectivity index (χ3n) is 4.43. The minimum Gasteiger partial charge on any atom is -0.497 e. The Morgan fingerprint density at radius 3 is 2.59 bits per heavy atom. The molecule has 8 nitrogen and oxygen atoms in total. The number of carbonyl (C=O) groups excluding carboxylic acids is 2. The molecule has 0 saturated carbocycles. The van der Waals surface area contributed by atoms with Crippen LogP contribution < -0.4 is 14.8 Å². The lowest BCUT2D eigenvalue weighted by molar-refractivity contribution is -0.141. The molecular formula is C19H28N2O6. The molecule has 2 rings (SSSR count). The second kappa shape index (κ2) is 10.1. The first-order valence-electron chi connectivity index (χ1n) is 9.05. The highest BCUT2D eigenvalue weighted by Gasteiger charge is 2.27. The second-order valence-corrected chi connectivity index (χ2v) is 6.43. The zero-order valence-corrected chi connectivity index (χ0v) is 16.1. The van der Waals surface area contributed by atoms with Gasteiger partial charge in [-0.1, -0.05) is 0 Å². The van der Waals surface area contributed by atoms with Crippen LogP contribution in [0.2, 0.25) is 0 Å². The lowest BCUT2D eigenvalue weighted by Gasteiger charge is -2.33. The van der Waals surface area contributed by atoms with E-state index in [2.05, 4.69) is 5.32 Å². The number of rotatable bonds is 8. The van der Waals surface area contributed by atoms with Gasteiger partial charge in [-0.3, -0.25) is 9.59 Å². The van der Waals surface area contributed by atoms with Crippen molar-refractivity contribution >= 4 is 11.8 Å². The molecule has 1 heterocycles. The fourth-order valence-corrected chi connectivity index (χ4v) is 2.91. The zero-order chi connectivity index (χ0) is 19.8. The Kier molecular flexibility index (Phi) is 7.87. The lowest BCUT2D eigenvalue weighted by atomic mass is 10.1. The standard InChI is InChI=1S/C19H28N2O6/c1-13(22)19(24)21-9-6-14(7-10-21)27-17-12-15(26-3)4-5-16(17)18(23)20-8-11-25-2/h4-5,12-14,22H,6-11H2,1-3H3,(H,20,23)/t13-/m1/s1. The van der Waals surface area contributed by atoms with Crippen molar-refractivity contribution in [1.29, 1.82) is 0 Å². The van der Waals surface area contributed by atoms with Gasteiger partial charge in [0.25, 0.3) is 11.8 Å². The second-order valence-electron chi connectivity index (χ2n) is 6.43. The fraction of sp³-hybridized carbons (Fsp3) is 0.579. The number of nitrogens with one attached hydrogen (secondary N) is 1. The van der Waals surface area contributed by atoms with Crippen molar-refractivity contribution in [2.24, 2.45) is 0 Å². The monoisotopic (exact) mass is 380 g/mol. The van der Waals surface area contributed by atoms with Crippen molar-refractivity contribution in [1.82, 2.24) is 10.2 Å². The predicted octanol–water partition coefficient (Wildman–Crippen LogP) is 0.822. The molecule has 2 N–H and O–H groups in total. The van der Waals surface area contributed by atoms with E-state index in [9.17, 15) is 14.7 Å². The lowest BCUT2D eigenvalue weighted by Crippen LogP contribution is -2.45. The minimum atomic E-state index is -0.997. The Bertz CT molecular complexity index is 641. The van der Waals surface area contributed by atoms with Crippen molar-refractivity contribution in [3.8, 4) is 11.5 Å². The van der Waals surface area contributed by atoms with Gasteiger partial charge in [-0.05, 0) is 19.1 Å². The predicted molar refractivity (Wildman–Crippen MR) is 99.1 cm³/mol. The van der Waals surface area contributed by atoms with Gasteiger partial charge in [-0.2, -0.15) is 0 Å².